The molecule has 10 heavy (non-hydrogen) atoms. The summed E-state index contributed by atoms with van der Waals surface area (Å²) in [6.45, 7) is 4.82. The molecule has 1 nitrogen and oxygen atoms in total. The molecule has 1 heteroatoms. The monoisotopic (exact) mass is 142 g/mol. The van der Waals surface area contributed by atoms with Crippen LogP contribution in [0.5, 0.6) is 0 Å². The standard InChI is InChI=1S/C9H18O/c1-8(7-10)9(2)5-3-4-6-9/h8,10H,3-7H2,1-2H3/t8-/m0/s1. The summed E-state index contributed by atoms with van der Waals surface area (Å²) in [7, 11) is 0. The van der Waals surface area contributed by atoms with Crippen LogP contribution in [0.1, 0.15) is 39.5 Å². The second kappa shape index (κ2) is 2.91. The highest BCUT2D eigenvalue weighted by Gasteiger charge is 2.33. The molecule has 1 aliphatic rings. The second-order valence-electron chi connectivity index (χ2n) is 3.94. The highest BCUT2D eigenvalue weighted by atomic mass is 16.3. The first-order valence-corrected chi connectivity index (χ1v) is 4.30. The van der Waals surface area contributed by atoms with Gasteiger partial charge in [0, 0.05) is 6.61 Å². The highest BCUT2D eigenvalue weighted by molar-refractivity contribution is 4.84. The molecule has 1 aliphatic carbocycles. The third kappa shape index (κ3) is 1.34. The van der Waals surface area contributed by atoms with Crippen molar-refractivity contribution in [2.45, 2.75) is 39.5 Å². The van der Waals surface area contributed by atoms with Crippen molar-refractivity contribution in [1.82, 2.24) is 0 Å². The summed E-state index contributed by atoms with van der Waals surface area (Å²) >= 11 is 0. The number of hydrogen-bond donors (Lipinski definition) is 1. The predicted molar refractivity (Wildman–Crippen MR) is 42.8 cm³/mol. The molecule has 0 unspecified atom stereocenters. The van der Waals surface area contributed by atoms with Crippen molar-refractivity contribution >= 4 is 0 Å². The van der Waals surface area contributed by atoms with Crippen molar-refractivity contribution < 1.29 is 5.11 Å². The molecule has 60 valence electrons. The summed E-state index contributed by atoms with van der Waals surface area (Å²) in [4.78, 5) is 0. The summed E-state index contributed by atoms with van der Waals surface area (Å²) in [6, 6.07) is 0. The average Bonchev–Trinajstić information content (AvgIpc) is 2.36. The van der Waals surface area contributed by atoms with Crippen LogP contribution in [0, 0.1) is 11.3 Å². The number of aliphatic hydroxyl groups excluding tert-OH is 1. The summed E-state index contributed by atoms with van der Waals surface area (Å²) in [5, 5.41) is 8.96. The van der Waals surface area contributed by atoms with Crippen LogP contribution in [0.25, 0.3) is 0 Å². The van der Waals surface area contributed by atoms with Crippen molar-refractivity contribution in [2.75, 3.05) is 6.61 Å². The number of rotatable bonds is 2. The van der Waals surface area contributed by atoms with E-state index >= 15 is 0 Å². The fourth-order valence-electron chi connectivity index (χ4n) is 1.90. The maximum absolute atomic E-state index is 8.96. The van der Waals surface area contributed by atoms with E-state index < -0.39 is 0 Å². The van der Waals surface area contributed by atoms with Gasteiger partial charge in [0.05, 0.1) is 0 Å². The lowest BCUT2D eigenvalue weighted by Crippen LogP contribution is -2.24. The molecule has 0 aromatic heterocycles. The van der Waals surface area contributed by atoms with Crippen molar-refractivity contribution in [1.29, 1.82) is 0 Å². The van der Waals surface area contributed by atoms with Gasteiger partial charge in [-0.2, -0.15) is 0 Å². The van der Waals surface area contributed by atoms with Gasteiger partial charge in [0.15, 0.2) is 0 Å². The molecule has 0 radical (unpaired) electrons. The lowest BCUT2D eigenvalue weighted by molar-refractivity contribution is 0.121. The third-order valence-electron chi connectivity index (χ3n) is 3.21. The zero-order chi connectivity index (χ0) is 7.61. The van der Waals surface area contributed by atoms with Gasteiger partial charge in [0.25, 0.3) is 0 Å². The zero-order valence-corrected chi connectivity index (χ0v) is 7.06. The quantitative estimate of drug-likeness (QED) is 0.626. The van der Waals surface area contributed by atoms with Gasteiger partial charge in [0.1, 0.15) is 0 Å². The van der Waals surface area contributed by atoms with E-state index in [0.717, 1.165) is 0 Å². The van der Waals surface area contributed by atoms with Gasteiger partial charge in [-0.15, -0.1) is 0 Å². The van der Waals surface area contributed by atoms with Gasteiger partial charge in [-0.05, 0) is 24.2 Å². The van der Waals surface area contributed by atoms with E-state index in [1.54, 1.807) is 0 Å². The minimum Gasteiger partial charge on any atom is -0.396 e. The predicted octanol–water partition coefficient (Wildman–Crippen LogP) is 2.20. The van der Waals surface area contributed by atoms with Gasteiger partial charge in [0.2, 0.25) is 0 Å². The Balaban J connectivity index is 2.49. The van der Waals surface area contributed by atoms with Gasteiger partial charge >= 0.3 is 0 Å². The average molecular weight is 142 g/mol. The molecule has 0 bridgehead atoms. The van der Waals surface area contributed by atoms with Crippen LogP contribution in [-0.4, -0.2) is 11.7 Å². The molecule has 0 aliphatic heterocycles. The lowest BCUT2D eigenvalue weighted by atomic mass is 9.77. The van der Waals surface area contributed by atoms with Gasteiger partial charge in [-0.25, -0.2) is 0 Å². The topological polar surface area (TPSA) is 20.2 Å². The SMILES string of the molecule is C[C@@H](CO)C1(C)CCCC1. The molecule has 0 aromatic carbocycles. The Morgan fingerprint density at radius 3 is 2.30 bits per heavy atom. The van der Waals surface area contributed by atoms with Gasteiger partial charge < -0.3 is 5.11 Å². The Labute approximate surface area is 63.4 Å². The molecule has 0 heterocycles. The lowest BCUT2D eigenvalue weighted by Gasteiger charge is -2.29. The van der Waals surface area contributed by atoms with Crippen LogP contribution in [0.2, 0.25) is 0 Å². The minimum atomic E-state index is 0.358. The largest absolute Gasteiger partial charge is 0.396 e. The Bertz CT molecular complexity index is 103. The molecule has 1 fully saturated rings. The normalized spacial score (nSPS) is 26.7. The van der Waals surface area contributed by atoms with Gasteiger partial charge in [-0.1, -0.05) is 26.7 Å². The zero-order valence-electron chi connectivity index (χ0n) is 7.06. The van der Waals surface area contributed by atoms with E-state index in [-0.39, 0.29) is 0 Å². The van der Waals surface area contributed by atoms with Crippen LogP contribution < -0.4 is 0 Å². The third-order valence-corrected chi connectivity index (χ3v) is 3.21. The first-order chi connectivity index (χ1) is 4.69. The first-order valence-electron chi connectivity index (χ1n) is 4.30. The summed E-state index contributed by atoms with van der Waals surface area (Å²) in [5.41, 5.74) is 0.453. The summed E-state index contributed by atoms with van der Waals surface area (Å²) in [6.07, 6.45) is 5.35. The molecule has 1 saturated carbocycles. The molecule has 1 N–H and O–H groups in total. The Morgan fingerprint density at radius 2 is 1.90 bits per heavy atom. The fraction of sp³-hybridized carbons (Fsp3) is 1.00. The highest BCUT2D eigenvalue weighted by Crippen LogP contribution is 2.43. The summed E-state index contributed by atoms with van der Waals surface area (Å²) in [5.74, 6) is 0.495. The molecule has 0 saturated heterocycles. The molecule has 1 atom stereocenters. The van der Waals surface area contributed by atoms with E-state index in [1.165, 1.54) is 25.7 Å². The minimum absolute atomic E-state index is 0.358. The van der Waals surface area contributed by atoms with Crippen molar-refractivity contribution in [3.8, 4) is 0 Å². The van der Waals surface area contributed by atoms with E-state index in [9.17, 15) is 0 Å². The summed E-state index contributed by atoms with van der Waals surface area (Å²) < 4.78 is 0. The van der Waals surface area contributed by atoms with E-state index in [2.05, 4.69) is 13.8 Å². The molecule has 0 amide bonds. The maximum Gasteiger partial charge on any atom is 0.0461 e. The van der Waals surface area contributed by atoms with Crippen LogP contribution >= 0.6 is 0 Å². The fourth-order valence-corrected chi connectivity index (χ4v) is 1.90. The Kier molecular flexibility index (Phi) is 2.35. The first kappa shape index (κ1) is 8.06. The van der Waals surface area contributed by atoms with Crippen LogP contribution in [0.15, 0.2) is 0 Å². The smallest absolute Gasteiger partial charge is 0.0461 e. The van der Waals surface area contributed by atoms with Crippen molar-refractivity contribution in [3.05, 3.63) is 0 Å². The van der Waals surface area contributed by atoms with E-state index in [4.69, 9.17) is 5.11 Å². The van der Waals surface area contributed by atoms with Crippen molar-refractivity contribution in [3.63, 3.8) is 0 Å². The number of hydrogen-bond acceptors (Lipinski definition) is 1. The molecule has 0 aromatic rings. The van der Waals surface area contributed by atoms with Crippen LogP contribution in [-0.2, 0) is 0 Å². The van der Waals surface area contributed by atoms with E-state index in [1.807, 2.05) is 0 Å². The maximum atomic E-state index is 8.96. The number of aliphatic hydroxyl groups is 1. The van der Waals surface area contributed by atoms with Crippen molar-refractivity contribution in [2.24, 2.45) is 11.3 Å². The molecular formula is C9H18O. The molecule has 0 spiro atoms. The van der Waals surface area contributed by atoms with Crippen LogP contribution in [0.4, 0.5) is 0 Å². The molecular weight excluding hydrogens is 124 g/mol. The molecule has 1 rings (SSSR count). The van der Waals surface area contributed by atoms with Gasteiger partial charge in [-0.3, -0.25) is 0 Å². The Hall–Kier alpha value is -0.0400. The van der Waals surface area contributed by atoms with E-state index in [0.29, 0.717) is 17.9 Å². The van der Waals surface area contributed by atoms with Crippen LogP contribution in [0.3, 0.4) is 0 Å². The second-order valence-corrected chi connectivity index (χ2v) is 3.94. The Morgan fingerprint density at radius 1 is 1.40 bits per heavy atom.